The Bertz CT molecular complexity index is 1140. The van der Waals surface area contributed by atoms with E-state index in [9.17, 15) is 4.79 Å². The van der Waals surface area contributed by atoms with Crippen LogP contribution in [0.5, 0.6) is 5.75 Å². The van der Waals surface area contributed by atoms with Gasteiger partial charge in [-0.2, -0.15) is 0 Å². The molecule has 0 saturated carbocycles. The summed E-state index contributed by atoms with van der Waals surface area (Å²) in [4.78, 5) is 17.5. The Morgan fingerprint density at radius 2 is 1.70 bits per heavy atom. The van der Waals surface area contributed by atoms with Crippen LogP contribution in [-0.4, -0.2) is 21.7 Å². The molecule has 0 radical (unpaired) electrons. The number of nitrogens with one attached hydrogen (secondary N) is 1. The molecule has 27 heavy (non-hydrogen) atoms. The van der Waals surface area contributed by atoms with E-state index in [2.05, 4.69) is 5.10 Å². The molecule has 0 aliphatic rings. The van der Waals surface area contributed by atoms with Crippen molar-refractivity contribution in [1.29, 1.82) is 0 Å². The Balaban J connectivity index is 2.05. The first kappa shape index (κ1) is 17.1. The fourth-order valence-corrected chi connectivity index (χ4v) is 3.20. The molecule has 0 saturated heterocycles. The Morgan fingerprint density at radius 3 is 2.33 bits per heavy atom. The van der Waals surface area contributed by atoms with E-state index in [-0.39, 0.29) is 11.5 Å². The number of benzene rings is 2. The smallest absolute Gasteiger partial charge is 0.272 e. The molecule has 0 spiro atoms. The monoisotopic (exact) mass is 359 g/mol. The number of hydrogen-bond donors (Lipinski definition) is 1. The van der Waals surface area contributed by atoms with E-state index in [1.54, 1.807) is 13.2 Å². The van der Waals surface area contributed by atoms with Crippen molar-refractivity contribution < 1.29 is 4.74 Å². The van der Waals surface area contributed by atoms with Crippen LogP contribution >= 0.6 is 0 Å². The minimum Gasteiger partial charge on any atom is -0.497 e. The maximum Gasteiger partial charge on any atom is 0.272 e. The van der Waals surface area contributed by atoms with E-state index >= 15 is 0 Å². The molecule has 5 nitrogen and oxygen atoms in total. The topological polar surface area (TPSA) is 59.4 Å². The zero-order chi connectivity index (χ0) is 19.0. The van der Waals surface area contributed by atoms with Crippen molar-refractivity contribution in [2.24, 2.45) is 0 Å². The highest BCUT2D eigenvalue weighted by Gasteiger charge is 2.19. The molecule has 136 valence electrons. The van der Waals surface area contributed by atoms with E-state index in [4.69, 9.17) is 9.72 Å². The number of aromatic nitrogens is 3. The fraction of sp³-hybridized carbons (Fsp3) is 0.182. The summed E-state index contributed by atoms with van der Waals surface area (Å²) in [5.74, 6) is 0.958. The summed E-state index contributed by atoms with van der Waals surface area (Å²) in [5.41, 5.74) is 5.07. The van der Waals surface area contributed by atoms with Crippen LogP contribution in [0.15, 0.2) is 65.5 Å². The first-order valence-corrected chi connectivity index (χ1v) is 8.94. The first-order valence-electron chi connectivity index (χ1n) is 8.94. The lowest BCUT2D eigenvalue weighted by Crippen LogP contribution is -2.16. The van der Waals surface area contributed by atoms with Gasteiger partial charge in [-0.15, -0.1) is 0 Å². The second-order valence-electron chi connectivity index (χ2n) is 6.79. The summed E-state index contributed by atoms with van der Waals surface area (Å²) in [7, 11) is 1.64. The van der Waals surface area contributed by atoms with E-state index in [0.717, 1.165) is 33.8 Å². The molecule has 2 aromatic heterocycles. The van der Waals surface area contributed by atoms with E-state index in [1.165, 1.54) is 4.52 Å². The molecule has 1 N–H and O–H groups in total. The molecule has 4 aromatic rings. The number of nitrogens with zero attached hydrogens (tertiary/aromatic N) is 2. The Kier molecular flexibility index (Phi) is 4.28. The molecule has 2 aromatic carbocycles. The molecule has 4 rings (SSSR count). The van der Waals surface area contributed by atoms with Crippen molar-refractivity contribution in [3.8, 4) is 28.1 Å². The van der Waals surface area contributed by atoms with Crippen LogP contribution in [0, 0.1) is 0 Å². The molecule has 0 bridgehead atoms. The molecular formula is C22H21N3O2. The summed E-state index contributed by atoms with van der Waals surface area (Å²) in [6.07, 6.45) is 0. The molecule has 0 aliphatic carbocycles. The molecule has 2 heterocycles. The van der Waals surface area contributed by atoms with Gasteiger partial charge >= 0.3 is 0 Å². The van der Waals surface area contributed by atoms with E-state index < -0.39 is 0 Å². The van der Waals surface area contributed by atoms with Gasteiger partial charge in [-0.3, -0.25) is 9.89 Å². The van der Waals surface area contributed by atoms with Crippen LogP contribution in [0.3, 0.4) is 0 Å². The highest BCUT2D eigenvalue weighted by molar-refractivity contribution is 5.90. The van der Waals surface area contributed by atoms with Crippen LogP contribution in [0.4, 0.5) is 0 Å². The number of aromatic amines is 1. The molecule has 0 amide bonds. The molecule has 0 unspecified atom stereocenters. The SMILES string of the molecule is COc1ccc(-c2[nH]n3c(=O)cc(C(C)C)nc3c2-c2ccccc2)cc1. The van der Waals surface area contributed by atoms with Gasteiger partial charge in [-0.1, -0.05) is 44.2 Å². The minimum absolute atomic E-state index is 0.111. The van der Waals surface area contributed by atoms with Crippen molar-refractivity contribution in [2.45, 2.75) is 19.8 Å². The van der Waals surface area contributed by atoms with Gasteiger partial charge in [0.05, 0.1) is 24.1 Å². The predicted octanol–water partition coefficient (Wildman–Crippen LogP) is 4.49. The number of fused-ring (bicyclic) bond motifs is 1. The van der Waals surface area contributed by atoms with Gasteiger partial charge in [-0.05, 0) is 35.7 Å². The lowest BCUT2D eigenvalue weighted by atomic mass is 10.0. The van der Waals surface area contributed by atoms with E-state index in [1.807, 2.05) is 68.4 Å². The predicted molar refractivity (Wildman–Crippen MR) is 107 cm³/mol. The molecular weight excluding hydrogens is 338 g/mol. The first-order chi connectivity index (χ1) is 13.1. The summed E-state index contributed by atoms with van der Waals surface area (Å²) in [6.45, 7) is 4.08. The van der Waals surface area contributed by atoms with Crippen LogP contribution in [-0.2, 0) is 0 Å². The highest BCUT2D eigenvalue weighted by Crippen LogP contribution is 2.34. The van der Waals surface area contributed by atoms with Gasteiger partial charge in [-0.25, -0.2) is 9.50 Å². The molecule has 5 heteroatoms. The summed E-state index contributed by atoms with van der Waals surface area (Å²) in [6, 6.07) is 19.4. The number of hydrogen-bond acceptors (Lipinski definition) is 3. The van der Waals surface area contributed by atoms with Crippen LogP contribution < -0.4 is 10.3 Å². The Labute approximate surface area is 157 Å². The zero-order valence-electron chi connectivity index (χ0n) is 15.6. The van der Waals surface area contributed by atoms with Crippen LogP contribution in [0.1, 0.15) is 25.5 Å². The quantitative estimate of drug-likeness (QED) is 0.584. The second kappa shape index (κ2) is 6.76. The maximum absolute atomic E-state index is 12.7. The van der Waals surface area contributed by atoms with Crippen molar-refractivity contribution in [1.82, 2.24) is 14.6 Å². The van der Waals surface area contributed by atoms with Gasteiger partial charge in [0.15, 0.2) is 5.65 Å². The van der Waals surface area contributed by atoms with Crippen molar-refractivity contribution >= 4 is 5.65 Å². The number of methoxy groups -OCH3 is 1. The minimum atomic E-state index is -0.111. The second-order valence-corrected chi connectivity index (χ2v) is 6.79. The van der Waals surface area contributed by atoms with Gasteiger partial charge in [0.2, 0.25) is 0 Å². The molecule has 0 fully saturated rings. The molecule has 0 atom stereocenters. The third kappa shape index (κ3) is 3.01. The third-order valence-corrected chi connectivity index (χ3v) is 4.67. The Morgan fingerprint density at radius 1 is 1.00 bits per heavy atom. The number of ether oxygens (including phenoxy) is 1. The van der Waals surface area contributed by atoms with Crippen molar-refractivity contribution in [2.75, 3.05) is 7.11 Å². The largest absolute Gasteiger partial charge is 0.497 e. The van der Waals surface area contributed by atoms with Gasteiger partial charge in [0.25, 0.3) is 5.56 Å². The van der Waals surface area contributed by atoms with Crippen LogP contribution in [0.25, 0.3) is 28.0 Å². The van der Waals surface area contributed by atoms with E-state index in [0.29, 0.717) is 5.65 Å². The summed E-state index contributed by atoms with van der Waals surface area (Å²) < 4.78 is 6.78. The van der Waals surface area contributed by atoms with Gasteiger partial charge < -0.3 is 4.74 Å². The van der Waals surface area contributed by atoms with Crippen LogP contribution in [0.2, 0.25) is 0 Å². The van der Waals surface area contributed by atoms with Crippen molar-refractivity contribution in [3.63, 3.8) is 0 Å². The zero-order valence-corrected chi connectivity index (χ0v) is 15.6. The molecule has 0 aliphatic heterocycles. The Hall–Kier alpha value is -3.34. The third-order valence-electron chi connectivity index (χ3n) is 4.67. The fourth-order valence-electron chi connectivity index (χ4n) is 3.20. The average Bonchev–Trinajstić information content (AvgIpc) is 3.08. The lowest BCUT2D eigenvalue weighted by Gasteiger charge is -2.07. The van der Waals surface area contributed by atoms with Gasteiger partial charge in [0, 0.05) is 11.6 Å². The average molecular weight is 359 g/mol. The highest BCUT2D eigenvalue weighted by atomic mass is 16.5. The number of rotatable bonds is 4. The maximum atomic E-state index is 12.7. The van der Waals surface area contributed by atoms with Crippen molar-refractivity contribution in [3.05, 3.63) is 76.7 Å². The summed E-state index contributed by atoms with van der Waals surface area (Å²) >= 11 is 0. The standard InChI is InChI=1S/C22H21N3O2/c1-14(2)18-13-19(26)25-22(23-18)20(15-7-5-4-6-8-15)21(24-25)16-9-11-17(27-3)12-10-16/h4-14,24H,1-3H3. The van der Waals surface area contributed by atoms with Gasteiger partial charge in [0.1, 0.15) is 5.75 Å². The summed E-state index contributed by atoms with van der Waals surface area (Å²) in [5, 5.41) is 3.25. The normalized spacial score (nSPS) is 11.3. The number of H-pyrrole nitrogens is 1. The lowest BCUT2D eigenvalue weighted by molar-refractivity contribution is 0.415.